The smallest absolute Gasteiger partial charge is 0.418 e. The topological polar surface area (TPSA) is 38.7 Å². The normalized spacial score (nSPS) is 13.4. The second-order valence-electron chi connectivity index (χ2n) is 3.05. The van der Waals surface area contributed by atoms with Gasteiger partial charge in [-0.05, 0) is 12.1 Å². The largest absolute Gasteiger partial charge is 0.497 e. The number of alkyl halides is 3. The molecule has 3 nitrogen and oxygen atoms in total. The zero-order valence-electron chi connectivity index (χ0n) is 8.71. The first-order valence-corrected chi connectivity index (χ1v) is 4.37. The molecular weight excluding hydrogens is 225 g/mol. The minimum atomic E-state index is -4.72. The third kappa shape index (κ3) is 2.57. The monoisotopic (exact) mass is 236 g/mol. The van der Waals surface area contributed by atoms with E-state index in [9.17, 15) is 13.2 Å². The van der Waals surface area contributed by atoms with E-state index < -0.39 is 12.3 Å². The van der Waals surface area contributed by atoms with Gasteiger partial charge in [0.1, 0.15) is 11.5 Å². The number of ether oxygens (including phenoxy) is 2. The van der Waals surface area contributed by atoms with Crippen molar-refractivity contribution in [2.45, 2.75) is 12.3 Å². The summed E-state index contributed by atoms with van der Waals surface area (Å²) in [6.45, 7) is 0. The molecule has 1 N–H and O–H groups in total. The molecular formula is C10H11F3O3. The standard InChI is InChI=1S/C10H11F3O3/c1-15-6-3-4-7(8(5-6)16-2)9(14)10(11,12)13/h3-5,9,14H,1-2H3/t9-/m1/s1. The van der Waals surface area contributed by atoms with Crippen LogP contribution in [0.5, 0.6) is 11.5 Å². The summed E-state index contributed by atoms with van der Waals surface area (Å²) in [5.41, 5.74) is -0.337. The number of hydrogen-bond donors (Lipinski definition) is 1. The van der Waals surface area contributed by atoms with Gasteiger partial charge in [-0.25, -0.2) is 0 Å². The fourth-order valence-corrected chi connectivity index (χ4v) is 1.22. The van der Waals surface area contributed by atoms with Crippen LogP contribution in [0.1, 0.15) is 11.7 Å². The van der Waals surface area contributed by atoms with Crippen LogP contribution >= 0.6 is 0 Å². The number of halogens is 3. The molecule has 0 aromatic heterocycles. The van der Waals surface area contributed by atoms with Gasteiger partial charge < -0.3 is 14.6 Å². The van der Waals surface area contributed by atoms with Crippen LogP contribution in [0.25, 0.3) is 0 Å². The summed E-state index contributed by atoms with van der Waals surface area (Å²) < 4.78 is 46.5. The maximum atomic E-state index is 12.3. The Morgan fingerprint density at radius 1 is 1.19 bits per heavy atom. The maximum absolute atomic E-state index is 12.3. The van der Waals surface area contributed by atoms with Gasteiger partial charge in [0.15, 0.2) is 6.10 Å². The molecule has 16 heavy (non-hydrogen) atoms. The Hall–Kier alpha value is -1.43. The first kappa shape index (κ1) is 12.6. The number of benzene rings is 1. The maximum Gasteiger partial charge on any atom is 0.418 e. The molecule has 1 aromatic carbocycles. The Kier molecular flexibility index (Phi) is 3.64. The van der Waals surface area contributed by atoms with E-state index in [0.29, 0.717) is 5.75 Å². The molecule has 0 amide bonds. The lowest BCUT2D eigenvalue weighted by Crippen LogP contribution is -2.20. The number of aliphatic hydroxyl groups excluding tert-OH is 1. The molecule has 0 spiro atoms. The van der Waals surface area contributed by atoms with E-state index in [0.717, 1.165) is 6.07 Å². The highest BCUT2D eigenvalue weighted by atomic mass is 19.4. The van der Waals surface area contributed by atoms with Crippen molar-refractivity contribution in [2.24, 2.45) is 0 Å². The fourth-order valence-electron chi connectivity index (χ4n) is 1.22. The first-order chi connectivity index (χ1) is 7.40. The Morgan fingerprint density at radius 2 is 1.81 bits per heavy atom. The van der Waals surface area contributed by atoms with Crippen molar-refractivity contribution in [3.05, 3.63) is 23.8 Å². The van der Waals surface area contributed by atoms with Crippen molar-refractivity contribution < 1.29 is 27.8 Å². The molecule has 1 atom stereocenters. The zero-order valence-corrected chi connectivity index (χ0v) is 8.71. The average molecular weight is 236 g/mol. The van der Waals surface area contributed by atoms with E-state index >= 15 is 0 Å². The van der Waals surface area contributed by atoms with Crippen LogP contribution in [-0.2, 0) is 0 Å². The second-order valence-corrected chi connectivity index (χ2v) is 3.05. The van der Waals surface area contributed by atoms with Crippen LogP contribution in [0.3, 0.4) is 0 Å². The molecule has 0 unspecified atom stereocenters. The third-order valence-corrected chi connectivity index (χ3v) is 2.05. The molecule has 0 aliphatic carbocycles. The van der Waals surface area contributed by atoms with Crippen LogP contribution in [0, 0.1) is 0 Å². The predicted octanol–water partition coefficient (Wildman–Crippen LogP) is 2.30. The van der Waals surface area contributed by atoms with E-state index in [-0.39, 0.29) is 11.3 Å². The Labute approximate surface area is 90.4 Å². The second kappa shape index (κ2) is 4.61. The van der Waals surface area contributed by atoms with Gasteiger partial charge in [-0.15, -0.1) is 0 Å². The van der Waals surface area contributed by atoms with Crippen molar-refractivity contribution >= 4 is 0 Å². The summed E-state index contributed by atoms with van der Waals surface area (Å²) in [6, 6.07) is 3.73. The van der Waals surface area contributed by atoms with Gasteiger partial charge in [-0.3, -0.25) is 0 Å². The van der Waals surface area contributed by atoms with Gasteiger partial charge in [0.05, 0.1) is 14.2 Å². The molecule has 6 heteroatoms. The van der Waals surface area contributed by atoms with Crippen LogP contribution in [0.2, 0.25) is 0 Å². The molecule has 0 fully saturated rings. The van der Waals surface area contributed by atoms with E-state index in [1.165, 1.54) is 26.4 Å². The first-order valence-electron chi connectivity index (χ1n) is 4.37. The molecule has 0 saturated carbocycles. The van der Waals surface area contributed by atoms with Crippen molar-refractivity contribution in [1.29, 1.82) is 0 Å². The predicted molar refractivity (Wildman–Crippen MR) is 50.6 cm³/mol. The SMILES string of the molecule is COc1ccc([C@@H](O)C(F)(F)F)c(OC)c1. The van der Waals surface area contributed by atoms with E-state index in [1.807, 2.05) is 0 Å². The van der Waals surface area contributed by atoms with Crippen LogP contribution < -0.4 is 9.47 Å². The number of hydrogen-bond acceptors (Lipinski definition) is 3. The van der Waals surface area contributed by atoms with E-state index in [1.54, 1.807) is 0 Å². The number of rotatable bonds is 3. The van der Waals surface area contributed by atoms with E-state index in [2.05, 4.69) is 0 Å². The molecule has 0 radical (unpaired) electrons. The van der Waals surface area contributed by atoms with Crippen LogP contribution in [0.15, 0.2) is 18.2 Å². The van der Waals surface area contributed by atoms with Crippen molar-refractivity contribution in [3.63, 3.8) is 0 Å². The Morgan fingerprint density at radius 3 is 2.25 bits per heavy atom. The molecule has 90 valence electrons. The quantitative estimate of drug-likeness (QED) is 0.875. The highest BCUT2D eigenvalue weighted by Gasteiger charge is 2.40. The van der Waals surface area contributed by atoms with Gasteiger partial charge in [-0.1, -0.05) is 0 Å². The van der Waals surface area contributed by atoms with Crippen LogP contribution in [0.4, 0.5) is 13.2 Å². The minimum absolute atomic E-state index is 0.0656. The molecule has 1 rings (SSSR count). The zero-order chi connectivity index (χ0) is 12.3. The molecule has 0 heterocycles. The molecule has 0 aliphatic rings. The number of aliphatic hydroxyl groups is 1. The van der Waals surface area contributed by atoms with Crippen molar-refractivity contribution in [2.75, 3.05) is 14.2 Å². The van der Waals surface area contributed by atoms with Gasteiger partial charge in [0.25, 0.3) is 0 Å². The lowest BCUT2D eigenvalue weighted by atomic mass is 10.1. The third-order valence-electron chi connectivity index (χ3n) is 2.05. The summed E-state index contributed by atoms with van der Waals surface area (Å²) in [5, 5.41) is 9.09. The molecule has 0 saturated heterocycles. The summed E-state index contributed by atoms with van der Waals surface area (Å²) in [4.78, 5) is 0. The van der Waals surface area contributed by atoms with Gasteiger partial charge in [0, 0.05) is 11.6 Å². The Bertz CT molecular complexity index is 363. The average Bonchev–Trinajstić information content (AvgIpc) is 2.26. The molecule has 0 aliphatic heterocycles. The van der Waals surface area contributed by atoms with Crippen molar-refractivity contribution in [1.82, 2.24) is 0 Å². The van der Waals surface area contributed by atoms with Crippen LogP contribution in [-0.4, -0.2) is 25.5 Å². The molecule has 1 aromatic rings. The molecule has 0 bridgehead atoms. The summed E-state index contributed by atoms with van der Waals surface area (Å²) in [5.74, 6) is 0.291. The lowest BCUT2D eigenvalue weighted by molar-refractivity contribution is -0.207. The van der Waals surface area contributed by atoms with E-state index in [4.69, 9.17) is 14.6 Å². The van der Waals surface area contributed by atoms with Gasteiger partial charge >= 0.3 is 6.18 Å². The highest BCUT2D eigenvalue weighted by molar-refractivity contribution is 5.42. The minimum Gasteiger partial charge on any atom is -0.497 e. The summed E-state index contributed by atoms with van der Waals surface area (Å²) in [7, 11) is 2.61. The van der Waals surface area contributed by atoms with Crippen molar-refractivity contribution in [3.8, 4) is 11.5 Å². The number of methoxy groups -OCH3 is 2. The fraction of sp³-hybridized carbons (Fsp3) is 0.400. The highest BCUT2D eigenvalue weighted by Crippen LogP contribution is 2.38. The Balaban J connectivity index is 3.14. The van der Waals surface area contributed by atoms with Gasteiger partial charge in [-0.2, -0.15) is 13.2 Å². The van der Waals surface area contributed by atoms with Gasteiger partial charge in [0.2, 0.25) is 0 Å². The summed E-state index contributed by atoms with van der Waals surface area (Å²) in [6.07, 6.45) is -7.28. The lowest BCUT2D eigenvalue weighted by Gasteiger charge is -2.18. The summed E-state index contributed by atoms with van der Waals surface area (Å²) >= 11 is 0.